The van der Waals surface area contributed by atoms with Gasteiger partial charge in [-0.15, -0.1) is 0 Å². The van der Waals surface area contributed by atoms with Gasteiger partial charge in [-0.05, 0) is 30.4 Å². The normalized spacial score (nSPS) is 15.4. The van der Waals surface area contributed by atoms with Gasteiger partial charge in [0.25, 0.3) is 0 Å². The summed E-state index contributed by atoms with van der Waals surface area (Å²) in [4.78, 5) is 0. The van der Waals surface area contributed by atoms with E-state index in [1.165, 1.54) is 17.5 Å². The van der Waals surface area contributed by atoms with Gasteiger partial charge in [-0.2, -0.15) is 0 Å². The van der Waals surface area contributed by atoms with Gasteiger partial charge < -0.3 is 5.73 Å². The van der Waals surface area contributed by atoms with Crippen molar-refractivity contribution in [1.82, 2.24) is 0 Å². The van der Waals surface area contributed by atoms with Gasteiger partial charge in [-0.25, -0.2) is 0 Å². The fourth-order valence-corrected chi connectivity index (χ4v) is 1.36. The molecule has 1 unspecified atom stereocenters. The SMILES string of the molecule is CCC(C)c1ccc([C@H](C)N)cc1. The first-order chi connectivity index (χ1) is 6.15. The molecule has 0 heterocycles. The van der Waals surface area contributed by atoms with Crippen molar-refractivity contribution in [2.45, 2.75) is 39.2 Å². The first-order valence-corrected chi connectivity index (χ1v) is 5.00. The van der Waals surface area contributed by atoms with Crippen LogP contribution in [-0.4, -0.2) is 0 Å². The quantitative estimate of drug-likeness (QED) is 0.753. The Morgan fingerprint density at radius 3 is 1.92 bits per heavy atom. The Hall–Kier alpha value is -0.820. The standard InChI is InChI=1S/C12H19N/c1-4-9(2)11-5-7-12(8-6-11)10(3)13/h5-10H,4,13H2,1-3H3/t9?,10-/m0/s1. The summed E-state index contributed by atoms with van der Waals surface area (Å²) in [5.74, 6) is 0.655. The second-order valence-electron chi connectivity index (χ2n) is 3.76. The van der Waals surface area contributed by atoms with Crippen molar-refractivity contribution in [3.8, 4) is 0 Å². The maximum Gasteiger partial charge on any atom is 0.0266 e. The lowest BCUT2D eigenvalue weighted by Crippen LogP contribution is -2.04. The van der Waals surface area contributed by atoms with Crippen LogP contribution in [0.4, 0.5) is 0 Å². The second-order valence-corrected chi connectivity index (χ2v) is 3.76. The van der Waals surface area contributed by atoms with Crippen LogP contribution in [0.25, 0.3) is 0 Å². The van der Waals surface area contributed by atoms with E-state index in [4.69, 9.17) is 5.73 Å². The molecule has 1 aromatic rings. The Morgan fingerprint density at radius 2 is 1.54 bits per heavy atom. The molecule has 13 heavy (non-hydrogen) atoms. The van der Waals surface area contributed by atoms with Crippen LogP contribution in [0, 0.1) is 0 Å². The summed E-state index contributed by atoms with van der Waals surface area (Å²) in [5, 5.41) is 0. The van der Waals surface area contributed by atoms with Crippen molar-refractivity contribution < 1.29 is 0 Å². The van der Waals surface area contributed by atoms with E-state index >= 15 is 0 Å². The zero-order valence-electron chi connectivity index (χ0n) is 8.75. The molecule has 0 aliphatic carbocycles. The van der Waals surface area contributed by atoms with E-state index in [2.05, 4.69) is 38.1 Å². The molecule has 72 valence electrons. The van der Waals surface area contributed by atoms with E-state index in [0.717, 1.165) is 0 Å². The molecule has 0 radical (unpaired) electrons. The highest BCUT2D eigenvalue weighted by molar-refractivity contribution is 5.26. The molecule has 1 rings (SSSR count). The molecule has 0 aliphatic heterocycles. The monoisotopic (exact) mass is 177 g/mol. The predicted octanol–water partition coefficient (Wildman–Crippen LogP) is 3.22. The van der Waals surface area contributed by atoms with Gasteiger partial charge >= 0.3 is 0 Å². The highest BCUT2D eigenvalue weighted by Crippen LogP contribution is 2.20. The lowest BCUT2D eigenvalue weighted by atomic mass is 9.96. The topological polar surface area (TPSA) is 26.0 Å². The Labute approximate surface area is 81.0 Å². The van der Waals surface area contributed by atoms with Crippen LogP contribution in [-0.2, 0) is 0 Å². The lowest BCUT2D eigenvalue weighted by molar-refractivity contribution is 0.731. The molecule has 0 fully saturated rings. The van der Waals surface area contributed by atoms with Gasteiger partial charge in [0.2, 0.25) is 0 Å². The number of hydrogen-bond acceptors (Lipinski definition) is 1. The van der Waals surface area contributed by atoms with Crippen LogP contribution >= 0.6 is 0 Å². The molecule has 0 spiro atoms. The smallest absolute Gasteiger partial charge is 0.0266 e. The van der Waals surface area contributed by atoms with Crippen molar-refractivity contribution in [3.63, 3.8) is 0 Å². The average Bonchev–Trinajstić information content (AvgIpc) is 2.17. The minimum Gasteiger partial charge on any atom is -0.324 e. The van der Waals surface area contributed by atoms with Crippen molar-refractivity contribution in [1.29, 1.82) is 0 Å². The lowest BCUT2D eigenvalue weighted by Gasteiger charge is -2.11. The molecule has 1 aromatic carbocycles. The molecule has 0 saturated heterocycles. The molecule has 0 aromatic heterocycles. The zero-order valence-corrected chi connectivity index (χ0v) is 8.75. The maximum atomic E-state index is 5.77. The van der Waals surface area contributed by atoms with Gasteiger partial charge in [0.1, 0.15) is 0 Å². The Bertz CT molecular complexity index is 248. The first-order valence-electron chi connectivity index (χ1n) is 5.00. The molecule has 0 bridgehead atoms. The fraction of sp³-hybridized carbons (Fsp3) is 0.500. The van der Waals surface area contributed by atoms with Crippen LogP contribution in [0.3, 0.4) is 0 Å². The molecular weight excluding hydrogens is 158 g/mol. The number of hydrogen-bond donors (Lipinski definition) is 1. The average molecular weight is 177 g/mol. The molecular formula is C12H19N. The summed E-state index contributed by atoms with van der Waals surface area (Å²) >= 11 is 0. The van der Waals surface area contributed by atoms with Crippen molar-refractivity contribution in [2.75, 3.05) is 0 Å². The molecule has 0 aliphatic rings. The van der Waals surface area contributed by atoms with Crippen LogP contribution < -0.4 is 5.73 Å². The summed E-state index contributed by atoms with van der Waals surface area (Å²) in [6.07, 6.45) is 1.19. The van der Waals surface area contributed by atoms with Crippen LogP contribution in [0.1, 0.15) is 50.3 Å². The Balaban J connectivity index is 2.81. The van der Waals surface area contributed by atoms with E-state index in [0.29, 0.717) is 5.92 Å². The second kappa shape index (κ2) is 4.43. The summed E-state index contributed by atoms with van der Waals surface area (Å²) in [5.41, 5.74) is 8.40. The molecule has 2 atom stereocenters. The number of rotatable bonds is 3. The van der Waals surface area contributed by atoms with E-state index in [9.17, 15) is 0 Å². The summed E-state index contributed by atoms with van der Waals surface area (Å²) in [7, 11) is 0. The zero-order chi connectivity index (χ0) is 9.84. The molecule has 2 N–H and O–H groups in total. The fourth-order valence-electron chi connectivity index (χ4n) is 1.36. The van der Waals surface area contributed by atoms with E-state index in [1.54, 1.807) is 0 Å². The third-order valence-corrected chi connectivity index (χ3v) is 2.64. The number of nitrogens with two attached hydrogens (primary N) is 1. The largest absolute Gasteiger partial charge is 0.324 e. The maximum absolute atomic E-state index is 5.77. The van der Waals surface area contributed by atoms with Crippen LogP contribution in [0.5, 0.6) is 0 Å². The molecule has 0 amide bonds. The van der Waals surface area contributed by atoms with Gasteiger partial charge in [0.15, 0.2) is 0 Å². The van der Waals surface area contributed by atoms with Gasteiger partial charge in [-0.1, -0.05) is 38.1 Å². The molecule has 1 nitrogen and oxygen atoms in total. The predicted molar refractivity (Wildman–Crippen MR) is 57.8 cm³/mol. The Morgan fingerprint density at radius 1 is 1.08 bits per heavy atom. The van der Waals surface area contributed by atoms with Gasteiger partial charge in [0, 0.05) is 6.04 Å². The van der Waals surface area contributed by atoms with Crippen LogP contribution in [0.2, 0.25) is 0 Å². The van der Waals surface area contributed by atoms with E-state index in [-0.39, 0.29) is 6.04 Å². The summed E-state index contributed by atoms with van der Waals surface area (Å²) in [6, 6.07) is 8.78. The summed E-state index contributed by atoms with van der Waals surface area (Å²) in [6.45, 7) is 6.48. The Kier molecular flexibility index (Phi) is 3.49. The van der Waals surface area contributed by atoms with Crippen molar-refractivity contribution in [3.05, 3.63) is 35.4 Å². The minimum atomic E-state index is 0.144. The molecule has 0 saturated carbocycles. The highest BCUT2D eigenvalue weighted by Gasteiger charge is 2.03. The highest BCUT2D eigenvalue weighted by atomic mass is 14.6. The van der Waals surface area contributed by atoms with Crippen molar-refractivity contribution >= 4 is 0 Å². The number of benzene rings is 1. The van der Waals surface area contributed by atoms with Crippen molar-refractivity contribution in [2.24, 2.45) is 5.73 Å². The molecule has 1 heteroatoms. The van der Waals surface area contributed by atoms with Gasteiger partial charge in [-0.3, -0.25) is 0 Å². The third kappa shape index (κ3) is 2.56. The third-order valence-electron chi connectivity index (χ3n) is 2.64. The minimum absolute atomic E-state index is 0.144. The summed E-state index contributed by atoms with van der Waals surface area (Å²) < 4.78 is 0. The first kappa shape index (κ1) is 10.3. The van der Waals surface area contributed by atoms with E-state index in [1.807, 2.05) is 6.92 Å². The van der Waals surface area contributed by atoms with Crippen LogP contribution in [0.15, 0.2) is 24.3 Å². The van der Waals surface area contributed by atoms with E-state index < -0.39 is 0 Å². The van der Waals surface area contributed by atoms with Gasteiger partial charge in [0.05, 0.1) is 0 Å².